The van der Waals surface area contributed by atoms with E-state index < -0.39 is 13.7 Å². The lowest BCUT2D eigenvalue weighted by Crippen LogP contribution is -2.22. The number of aromatic nitrogens is 2. The number of aryl methyl sites for hydroxylation is 1. The summed E-state index contributed by atoms with van der Waals surface area (Å²) in [5.41, 5.74) is 3.77. The van der Waals surface area contributed by atoms with E-state index in [2.05, 4.69) is 4.98 Å². The molecule has 0 unspecified atom stereocenters. The Morgan fingerprint density at radius 1 is 1.11 bits per heavy atom. The molecule has 0 atom stereocenters. The summed E-state index contributed by atoms with van der Waals surface area (Å²) < 4.78 is 12.8. The van der Waals surface area contributed by atoms with E-state index in [0.717, 1.165) is 16.7 Å². The summed E-state index contributed by atoms with van der Waals surface area (Å²) in [5, 5.41) is 2.73. The molecular weight excluding hydrogens is 489 g/mol. The number of rotatable bonds is 6. The molecular formula is C25H23ClN3O5P. The van der Waals surface area contributed by atoms with Gasteiger partial charge in [0.15, 0.2) is 0 Å². The predicted molar refractivity (Wildman–Crippen MR) is 136 cm³/mol. The van der Waals surface area contributed by atoms with Crippen molar-refractivity contribution in [3.63, 3.8) is 0 Å². The molecule has 0 saturated carbocycles. The molecule has 4 aromatic rings. The van der Waals surface area contributed by atoms with Crippen LogP contribution in [0.2, 0.25) is 5.02 Å². The largest absolute Gasteiger partial charge is 0.430 e. The fourth-order valence-electron chi connectivity index (χ4n) is 4.06. The zero-order valence-electron chi connectivity index (χ0n) is 19.0. The van der Waals surface area contributed by atoms with Gasteiger partial charge in [0.05, 0.1) is 10.9 Å². The highest BCUT2D eigenvalue weighted by Crippen LogP contribution is 2.30. The minimum Gasteiger partial charge on any atom is -0.308 e. The molecule has 0 aliphatic carbocycles. The second-order valence-electron chi connectivity index (χ2n) is 8.12. The third-order valence-corrected chi connectivity index (χ3v) is 6.51. The molecule has 35 heavy (non-hydrogen) atoms. The van der Waals surface area contributed by atoms with Gasteiger partial charge in [-0.15, -0.1) is 0 Å². The average molecular weight is 512 g/mol. The fourth-order valence-corrected chi connectivity index (χ4v) is 4.61. The van der Waals surface area contributed by atoms with E-state index in [0.29, 0.717) is 40.2 Å². The molecule has 0 saturated heterocycles. The van der Waals surface area contributed by atoms with E-state index >= 15 is 0 Å². The SMILES string of the molecule is CCc1cccc(C(=O)NP(=O)(O)O)c1Cc1ccc(-c2nc3cc(Cl)ccc3c(=O)n2C)cc1. The van der Waals surface area contributed by atoms with Crippen LogP contribution >= 0.6 is 19.3 Å². The third-order valence-electron chi connectivity index (χ3n) is 5.78. The van der Waals surface area contributed by atoms with Crippen molar-refractivity contribution in [2.75, 3.05) is 0 Å². The number of hydrogen-bond donors (Lipinski definition) is 3. The summed E-state index contributed by atoms with van der Waals surface area (Å²) in [5.74, 6) is -0.332. The highest BCUT2D eigenvalue weighted by Gasteiger charge is 2.22. The molecule has 3 aromatic carbocycles. The van der Waals surface area contributed by atoms with Crippen molar-refractivity contribution in [1.29, 1.82) is 0 Å². The molecule has 0 radical (unpaired) electrons. The van der Waals surface area contributed by atoms with Crippen molar-refractivity contribution in [3.8, 4) is 11.4 Å². The van der Waals surface area contributed by atoms with Crippen LogP contribution in [-0.2, 0) is 24.5 Å². The van der Waals surface area contributed by atoms with Crippen LogP contribution in [-0.4, -0.2) is 25.2 Å². The molecule has 1 aromatic heterocycles. The first kappa shape index (κ1) is 24.8. The van der Waals surface area contributed by atoms with E-state index in [4.69, 9.17) is 21.4 Å². The van der Waals surface area contributed by atoms with Crippen molar-refractivity contribution in [3.05, 3.63) is 98.3 Å². The summed E-state index contributed by atoms with van der Waals surface area (Å²) in [6.45, 7) is 1.95. The van der Waals surface area contributed by atoms with E-state index in [1.54, 1.807) is 42.5 Å². The van der Waals surface area contributed by atoms with Gasteiger partial charge in [0, 0.05) is 23.2 Å². The Balaban J connectivity index is 1.70. The number of nitrogens with one attached hydrogen (secondary N) is 1. The minimum atomic E-state index is -4.73. The van der Waals surface area contributed by atoms with Crippen LogP contribution in [0.1, 0.15) is 34.0 Å². The van der Waals surface area contributed by atoms with E-state index in [9.17, 15) is 14.2 Å². The zero-order chi connectivity index (χ0) is 25.3. The predicted octanol–water partition coefficient (Wildman–Crippen LogP) is 4.23. The summed E-state index contributed by atoms with van der Waals surface area (Å²) in [6, 6.07) is 17.5. The Morgan fingerprint density at radius 3 is 2.49 bits per heavy atom. The van der Waals surface area contributed by atoms with Crippen LogP contribution in [0.15, 0.2) is 65.5 Å². The van der Waals surface area contributed by atoms with E-state index in [1.807, 2.05) is 37.3 Å². The van der Waals surface area contributed by atoms with Crippen molar-refractivity contribution in [2.24, 2.45) is 7.05 Å². The standard InChI is InChI=1S/C25H23ClN3O5P/c1-3-16-5-4-6-19(24(30)28-35(32,33)34)21(16)13-15-7-9-17(10-8-15)23-27-22-14-18(26)11-12-20(22)25(31)29(23)2/h4-12,14H,3,13H2,1-2H3,(H3,28,30,32,33,34). The lowest BCUT2D eigenvalue weighted by atomic mass is 9.93. The zero-order valence-corrected chi connectivity index (χ0v) is 20.7. The Labute approximate surface area is 206 Å². The molecule has 3 N–H and O–H groups in total. The van der Waals surface area contributed by atoms with Crippen molar-refractivity contribution in [1.82, 2.24) is 14.6 Å². The lowest BCUT2D eigenvalue weighted by molar-refractivity contribution is 0.0971. The molecule has 4 rings (SSSR count). The Bertz CT molecular complexity index is 1540. The first-order chi connectivity index (χ1) is 16.6. The summed E-state index contributed by atoms with van der Waals surface area (Å²) in [7, 11) is -3.06. The number of nitrogens with zero attached hydrogens (tertiary/aromatic N) is 2. The molecule has 0 aliphatic heterocycles. The number of carbonyl (C=O) groups excluding carboxylic acids is 1. The fraction of sp³-hybridized carbons (Fsp3) is 0.160. The van der Waals surface area contributed by atoms with Gasteiger partial charge in [0.1, 0.15) is 5.82 Å². The second kappa shape index (κ2) is 9.76. The number of carbonyl (C=O) groups is 1. The molecule has 0 bridgehead atoms. The van der Waals surface area contributed by atoms with Gasteiger partial charge in [-0.05, 0) is 53.8 Å². The summed E-state index contributed by atoms with van der Waals surface area (Å²) in [4.78, 5) is 48.3. The highest BCUT2D eigenvalue weighted by molar-refractivity contribution is 7.50. The number of halogens is 1. The average Bonchev–Trinajstić information content (AvgIpc) is 2.81. The number of benzene rings is 3. The number of amides is 1. The Morgan fingerprint density at radius 2 is 1.83 bits per heavy atom. The smallest absolute Gasteiger partial charge is 0.308 e. The lowest BCUT2D eigenvalue weighted by Gasteiger charge is -2.15. The van der Waals surface area contributed by atoms with Crippen LogP contribution in [0.5, 0.6) is 0 Å². The van der Waals surface area contributed by atoms with Gasteiger partial charge >= 0.3 is 7.75 Å². The minimum absolute atomic E-state index is 0.177. The van der Waals surface area contributed by atoms with Gasteiger partial charge in [-0.25, -0.2) is 9.55 Å². The molecule has 0 fully saturated rings. The summed E-state index contributed by atoms with van der Waals surface area (Å²) in [6.07, 6.45) is 1.03. The maximum Gasteiger partial charge on any atom is 0.430 e. The van der Waals surface area contributed by atoms with Crippen LogP contribution < -0.4 is 10.6 Å². The summed E-state index contributed by atoms with van der Waals surface area (Å²) >= 11 is 6.08. The van der Waals surface area contributed by atoms with Crippen LogP contribution in [0, 0.1) is 0 Å². The molecule has 180 valence electrons. The van der Waals surface area contributed by atoms with E-state index in [-0.39, 0.29) is 11.1 Å². The molecule has 0 spiro atoms. The maximum absolute atomic E-state index is 12.8. The van der Waals surface area contributed by atoms with Crippen molar-refractivity contribution >= 4 is 36.2 Å². The van der Waals surface area contributed by atoms with Crippen LogP contribution in [0.3, 0.4) is 0 Å². The molecule has 1 amide bonds. The monoisotopic (exact) mass is 511 g/mol. The van der Waals surface area contributed by atoms with Gasteiger partial charge in [0.2, 0.25) is 0 Å². The number of fused-ring (bicyclic) bond motifs is 1. The van der Waals surface area contributed by atoms with Gasteiger partial charge in [0.25, 0.3) is 11.5 Å². The quantitative estimate of drug-likeness (QED) is 0.333. The Hall–Kier alpha value is -3.29. The van der Waals surface area contributed by atoms with Crippen molar-refractivity contribution < 1.29 is 19.1 Å². The molecule has 8 nitrogen and oxygen atoms in total. The van der Waals surface area contributed by atoms with Gasteiger partial charge in [-0.3, -0.25) is 19.2 Å². The second-order valence-corrected chi connectivity index (χ2v) is 9.86. The van der Waals surface area contributed by atoms with Crippen molar-refractivity contribution in [2.45, 2.75) is 19.8 Å². The maximum atomic E-state index is 12.8. The third kappa shape index (κ3) is 5.36. The van der Waals surface area contributed by atoms with E-state index in [1.165, 1.54) is 4.57 Å². The normalized spacial score (nSPS) is 11.6. The molecule has 10 heteroatoms. The van der Waals surface area contributed by atoms with Gasteiger partial charge in [-0.2, -0.15) is 0 Å². The van der Waals surface area contributed by atoms with Crippen LogP contribution in [0.25, 0.3) is 22.3 Å². The topological polar surface area (TPSA) is 122 Å². The molecule has 0 aliphatic rings. The first-order valence-electron chi connectivity index (χ1n) is 10.8. The number of hydrogen-bond acceptors (Lipinski definition) is 4. The van der Waals surface area contributed by atoms with Gasteiger partial charge in [-0.1, -0.05) is 54.9 Å². The first-order valence-corrected chi connectivity index (χ1v) is 12.8. The van der Waals surface area contributed by atoms with Gasteiger partial charge < -0.3 is 9.79 Å². The molecule has 1 heterocycles. The highest BCUT2D eigenvalue weighted by atomic mass is 35.5. The Kier molecular flexibility index (Phi) is 6.92. The van der Waals surface area contributed by atoms with Crippen LogP contribution in [0.4, 0.5) is 0 Å².